The molecule has 2 fully saturated rings. The summed E-state index contributed by atoms with van der Waals surface area (Å²) in [6.07, 6.45) is 7.01. The SMILES string of the molecule is Cc1ccc(CN2C[C@]34C=C[C@H](O3)C(C(=O)N(C)Cc3ncc[nH]3)C4C2=O)cc1C. The summed E-state index contributed by atoms with van der Waals surface area (Å²) in [6, 6.07) is 6.28. The van der Waals surface area contributed by atoms with Crippen molar-refractivity contribution >= 4 is 11.8 Å². The predicted octanol–water partition coefficient (Wildman–Crippen LogP) is 1.97. The van der Waals surface area contributed by atoms with Crippen LogP contribution in [0.15, 0.2) is 42.7 Å². The summed E-state index contributed by atoms with van der Waals surface area (Å²) in [5.74, 6) is -0.314. The number of nitrogens with one attached hydrogen (secondary N) is 1. The molecule has 0 aliphatic carbocycles. The number of hydrogen-bond donors (Lipinski definition) is 1. The van der Waals surface area contributed by atoms with E-state index in [1.807, 2.05) is 17.1 Å². The van der Waals surface area contributed by atoms with Crippen LogP contribution in [0.3, 0.4) is 0 Å². The summed E-state index contributed by atoms with van der Waals surface area (Å²) >= 11 is 0. The molecule has 4 heterocycles. The van der Waals surface area contributed by atoms with Gasteiger partial charge >= 0.3 is 0 Å². The molecule has 2 saturated heterocycles. The van der Waals surface area contributed by atoms with Crippen LogP contribution in [0.25, 0.3) is 0 Å². The average molecular weight is 406 g/mol. The molecule has 30 heavy (non-hydrogen) atoms. The van der Waals surface area contributed by atoms with Crippen LogP contribution < -0.4 is 0 Å². The maximum Gasteiger partial charge on any atom is 0.230 e. The zero-order valence-electron chi connectivity index (χ0n) is 17.5. The van der Waals surface area contributed by atoms with E-state index in [2.05, 4.69) is 42.0 Å². The number of aromatic amines is 1. The first-order valence-corrected chi connectivity index (χ1v) is 10.3. The summed E-state index contributed by atoms with van der Waals surface area (Å²) in [6.45, 7) is 5.55. The first-order chi connectivity index (χ1) is 14.4. The number of benzene rings is 1. The Bertz CT molecular complexity index is 1030. The van der Waals surface area contributed by atoms with E-state index < -0.39 is 17.4 Å². The second-order valence-electron chi connectivity index (χ2n) is 8.74. The van der Waals surface area contributed by atoms with E-state index in [1.165, 1.54) is 11.1 Å². The Kier molecular flexibility index (Phi) is 4.32. The molecule has 7 nitrogen and oxygen atoms in total. The van der Waals surface area contributed by atoms with E-state index in [0.717, 1.165) is 5.56 Å². The molecule has 1 spiro atoms. The van der Waals surface area contributed by atoms with Crippen LogP contribution in [-0.4, -0.2) is 56.9 Å². The average Bonchev–Trinajstić information content (AvgIpc) is 3.47. The van der Waals surface area contributed by atoms with Crippen molar-refractivity contribution in [2.75, 3.05) is 13.6 Å². The van der Waals surface area contributed by atoms with Crippen molar-refractivity contribution < 1.29 is 14.3 Å². The highest BCUT2D eigenvalue weighted by atomic mass is 16.5. The first kappa shape index (κ1) is 19.1. The van der Waals surface area contributed by atoms with Crippen LogP contribution in [0.4, 0.5) is 0 Å². The Morgan fingerprint density at radius 3 is 2.93 bits per heavy atom. The van der Waals surface area contributed by atoms with Gasteiger partial charge in [-0.1, -0.05) is 30.4 Å². The fourth-order valence-electron chi connectivity index (χ4n) is 5.06. The monoisotopic (exact) mass is 406 g/mol. The van der Waals surface area contributed by atoms with Crippen molar-refractivity contribution in [3.63, 3.8) is 0 Å². The zero-order chi connectivity index (χ0) is 21.0. The summed E-state index contributed by atoms with van der Waals surface area (Å²) in [5.41, 5.74) is 2.85. The van der Waals surface area contributed by atoms with Gasteiger partial charge in [0, 0.05) is 26.0 Å². The lowest BCUT2D eigenvalue weighted by Crippen LogP contribution is -2.44. The molecule has 1 aromatic heterocycles. The second-order valence-corrected chi connectivity index (χ2v) is 8.74. The van der Waals surface area contributed by atoms with Crippen LogP contribution in [0.2, 0.25) is 0 Å². The third-order valence-corrected chi connectivity index (χ3v) is 6.73. The molecule has 2 amide bonds. The van der Waals surface area contributed by atoms with E-state index in [9.17, 15) is 9.59 Å². The number of hydrogen-bond acceptors (Lipinski definition) is 4. The number of amides is 2. The number of ether oxygens (including phenoxy) is 1. The summed E-state index contributed by atoms with van der Waals surface area (Å²) < 4.78 is 6.24. The maximum absolute atomic E-state index is 13.4. The quantitative estimate of drug-likeness (QED) is 0.770. The molecule has 0 saturated carbocycles. The number of carbonyl (C=O) groups is 2. The lowest BCUT2D eigenvalue weighted by molar-refractivity contribution is -0.143. The Balaban J connectivity index is 1.36. The highest BCUT2D eigenvalue weighted by molar-refractivity contribution is 5.93. The minimum Gasteiger partial charge on any atom is -0.360 e. The van der Waals surface area contributed by atoms with Gasteiger partial charge in [-0.3, -0.25) is 9.59 Å². The van der Waals surface area contributed by atoms with Gasteiger partial charge in [0.05, 0.1) is 31.0 Å². The van der Waals surface area contributed by atoms with Crippen molar-refractivity contribution in [1.29, 1.82) is 0 Å². The van der Waals surface area contributed by atoms with Gasteiger partial charge in [-0.25, -0.2) is 4.98 Å². The van der Waals surface area contributed by atoms with Gasteiger partial charge in [-0.2, -0.15) is 0 Å². The van der Waals surface area contributed by atoms with E-state index in [1.54, 1.807) is 24.3 Å². The number of H-pyrrole nitrogens is 1. The third kappa shape index (κ3) is 2.88. The number of imidazole rings is 1. The lowest BCUT2D eigenvalue weighted by atomic mass is 9.76. The molecular formula is C23H26N4O3. The summed E-state index contributed by atoms with van der Waals surface area (Å²) in [4.78, 5) is 37.4. The molecule has 7 heteroatoms. The van der Waals surface area contributed by atoms with Crippen LogP contribution in [-0.2, 0) is 27.4 Å². The van der Waals surface area contributed by atoms with E-state index >= 15 is 0 Å². The van der Waals surface area contributed by atoms with Crippen LogP contribution in [0.5, 0.6) is 0 Å². The normalized spacial score (nSPS) is 29.0. The second kappa shape index (κ2) is 6.80. The Morgan fingerprint density at radius 1 is 1.37 bits per heavy atom. The van der Waals surface area contributed by atoms with E-state index in [-0.39, 0.29) is 17.9 Å². The fourth-order valence-corrected chi connectivity index (χ4v) is 5.06. The molecule has 3 aliphatic rings. The van der Waals surface area contributed by atoms with Gasteiger partial charge in [0.15, 0.2) is 0 Å². The standard InChI is InChI=1S/C23H26N4O3/c1-14-4-5-16(10-15(14)2)11-27-13-23-7-6-17(30-23)19(20(23)22(27)29)21(28)26(3)12-18-24-8-9-25-18/h4-10,17,19-20H,11-13H2,1-3H3,(H,24,25)/t17-,19?,20?,23-/m0/s1. The van der Waals surface area contributed by atoms with Gasteiger partial charge in [-0.15, -0.1) is 0 Å². The van der Waals surface area contributed by atoms with Crippen LogP contribution in [0.1, 0.15) is 22.5 Å². The number of carbonyl (C=O) groups excluding carboxylic acids is 2. The number of aryl methyl sites for hydroxylation is 2. The van der Waals surface area contributed by atoms with Gasteiger partial charge in [0.1, 0.15) is 11.4 Å². The Labute approximate surface area is 175 Å². The van der Waals surface area contributed by atoms with Gasteiger partial charge in [-0.05, 0) is 30.5 Å². The predicted molar refractivity (Wildman–Crippen MR) is 110 cm³/mol. The molecule has 0 radical (unpaired) electrons. The number of nitrogens with zero attached hydrogens (tertiary/aromatic N) is 3. The Hall–Kier alpha value is -2.93. The maximum atomic E-state index is 13.4. The fraction of sp³-hybridized carbons (Fsp3) is 0.435. The van der Waals surface area contributed by atoms with E-state index in [4.69, 9.17) is 4.74 Å². The number of aromatic nitrogens is 2. The largest absolute Gasteiger partial charge is 0.360 e. The Morgan fingerprint density at radius 2 is 2.20 bits per heavy atom. The van der Waals surface area contributed by atoms with Crippen molar-refractivity contribution in [2.45, 2.75) is 38.6 Å². The van der Waals surface area contributed by atoms with Gasteiger partial charge < -0.3 is 19.5 Å². The van der Waals surface area contributed by atoms with Crippen LogP contribution in [0, 0.1) is 25.7 Å². The zero-order valence-corrected chi connectivity index (χ0v) is 17.5. The molecular weight excluding hydrogens is 380 g/mol. The minimum absolute atomic E-state index is 0.00447. The molecule has 5 rings (SSSR count). The van der Waals surface area contributed by atoms with E-state index in [0.29, 0.717) is 25.5 Å². The molecule has 2 unspecified atom stereocenters. The summed E-state index contributed by atoms with van der Waals surface area (Å²) in [5, 5.41) is 0. The smallest absolute Gasteiger partial charge is 0.230 e. The highest BCUT2D eigenvalue weighted by Crippen LogP contribution is 2.52. The molecule has 156 valence electrons. The number of rotatable bonds is 5. The van der Waals surface area contributed by atoms with Gasteiger partial charge in [0.2, 0.25) is 11.8 Å². The highest BCUT2D eigenvalue weighted by Gasteiger charge is 2.67. The van der Waals surface area contributed by atoms with Crippen molar-refractivity contribution in [3.05, 3.63) is 65.3 Å². The molecule has 4 atom stereocenters. The van der Waals surface area contributed by atoms with Crippen LogP contribution >= 0.6 is 0 Å². The summed E-state index contributed by atoms with van der Waals surface area (Å²) in [7, 11) is 1.75. The topological polar surface area (TPSA) is 78.5 Å². The third-order valence-electron chi connectivity index (χ3n) is 6.73. The van der Waals surface area contributed by atoms with Crippen molar-refractivity contribution in [3.8, 4) is 0 Å². The lowest BCUT2D eigenvalue weighted by Gasteiger charge is -2.27. The van der Waals surface area contributed by atoms with Crippen molar-refractivity contribution in [2.24, 2.45) is 11.8 Å². The molecule has 2 bridgehead atoms. The molecule has 3 aliphatic heterocycles. The molecule has 1 N–H and O–H groups in total. The van der Waals surface area contributed by atoms with Gasteiger partial charge in [0.25, 0.3) is 0 Å². The first-order valence-electron chi connectivity index (χ1n) is 10.3. The number of likely N-dealkylation sites (tertiary alicyclic amines) is 1. The number of fused-ring (bicyclic) bond motifs is 1. The molecule has 1 aromatic carbocycles. The minimum atomic E-state index is -0.687. The molecule has 2 aromatic rings. The van der Waals surface area contributed by atoms with Crippen molar-refractivity contribution in [1.82, 2.24) is 19.8 Å².